The van der Waals surface area contributed by atoms with Crippen LogP contribution in [0.5, 0.6) is 0 Å². The number of nitrogens with two attached hydrogens (primary N) is 1. The highest BCUT2D eigenvalue weighted by atomic mass is 35.5. The highest BCUT2D eigenvalue weighted by Gasteiger charge is 2.14. The van der Waals surface area contributed by atoms with Crippen LogP contribution in [0.25, 0.3) is 0 Å². The number of hydrogen-bond acceptors (Lipinski definition) is 3. The molecule has 0 aliphatic carbocycles. The highest BCUT2D eigenvalue weighted by molar-refractivity contribution is 6.17. The minimum atomic E-state index is -2.73. The molecule has 0 aliphatic heterocycles. The van der Waals surface area contributed by atoms with Gasteiger partial charge in [-0.2, -0.15) is 5.26 Å². The second-order valence-electron chi connectivity index (χ2n) is 2.51. The summed E-state index contributed by atoms with van der Waals surface area (Å²) in [6, 6.07) is 2.74. The van der Waals surface area contributed by atoms with Crippen LogP contribution in [-0.2, 0) is 5.88 Å². The second-order valence-corrected chi connectivity index (χ2v) is 2.78. The number of nitrogens with zero attached hydrogens (tertiary/aromatic N) is 2. The van der Waals surface area contributed by atoms with E-state index in [1.165, 1.54) is 0 Å². The van der Waals surface area contributed by atoms with Crippen molar-refractivity contribution >= 4 is 17.3 Å². The molecule has 0 fully saturated rings. The average Bonchev–Trinajstić information content (AvgIpc) is 2.17. The lowest BCUT2D eigenvalue weighted by Gasteiger charge is -2.06. The summed E-state index contributed by atoms with van der Waals surface area (Å²) < 4.78 is 24.6. The van der Waals surface area contributed by atoms with E-state index >= 15 is 0 Å². The molecule has 0 aliphatic rings. The van der Waals surface area contributed by atoms with Gasteiger partial charge < -0.3 is 5.73 Å². The van der Waals surface area contributed by atoms with E-state index in [1.807, 2.05) is 0 Å². The molecule has 1 aromatic heterocycles. The van der Waals surface area contributed by atoms with Crippen LogP contribution in [0.1, 0.15) is 23.4 Å². The quantitative estimate of drug-likeness (QED) is 0.773. The molecule has 1 aromatic rings. The number of rotatable bonds is 2. The molecule has 0 unspecified atom stereocenters. The predicted molar refractivity (Wildman–Crippen MR) is 47.9 cm³/mol. The summed E-state index contributed by atoms with van der Waals surface area (Å²) in [6.45, 7) is 0. The van der Waals surface area contributed by atoms with Crippen LogP contribution in [0.15, 0.2) is 6.07 Å². The van der Waals surface area contributed by atoms with Crippen LogP contribution in [-0.4, -0.2) is 4.98 Å². The predicted octanol–water partition coefficient (Wildman–Crippen LogP) is 2.21. The monoisotopic (exact) mass is 217 g/mol. The second kappa shape index (κ2) is 4.20. The molecule has 0 bridgehead atoms. The van der Waals surface area contributed by atoms with E-state index in [0.29, 0.717) is 5.56 Å². The molecule has 0 atom stereocenters. The maximum absolute atomic E-state index is 12.3. The fourth-order valence-electron chi connectivity index (χ4n) is 0.938. The SMILES string of the molecule is N#Cc1nc(C(F)F)cc(CCl)c1N. The summed E-state index contributed by atoms with van der Waals surface area (Å²) in [5.74, 6) is -0.0250. The van der Waals surface area contributed by atoms with E-state index in [2.05, 4.69) is 4.98 Å². The van der Waals surface area contributed by atoms with Crippen LogP contribution in [0, 0.1) is 11.3 Å². The minimum absolute atomic E-state index is 0.0250. The van der Waals surface area contributed by atoms with Crippen LogP contribution in [0.3, 0.4) is 0 Å². The van der Waals surface area contributed by atoms with Crippen molar-refractivity contribution in [3.63, 3.8) is 0 Å². The molecule has 14 heavy (non-hydrogen) atoms. The van der Waals surface area contributed by atoms with Crippen LogP contribution < -0.4 is 5.73 Å². The first-order valence-electron chi connectivity index (χ1n) is 3.63. The summed E-state index contributed by atoms with van der Waals surface area (Å²) in [5.41, 5.74) is 5.13. The van der Waals surface area contributed by atoms with Crippen molar-refractivity contribution in [1.82, 2.24) is 4.98 Å². The van der Waals surface area contributed by atoms with Gasteiger partial charge in [0, 0.05) is 5.88 Å². The number of nitrogen functional groups attached to an aromatic ring is 1. The Morgan fingerprint density at radius 1 is 1.64 bits per heavy atom. The fourth-order valence-corrected chi connectivity index (χ4v) is 1.16. The number of aromatic nitrogens is 1. The van der Waals surface area contributed by atoms with Gasteiger partial charge in [0.2, 0.25) is 0 Å². The van der Waals surface area contributed by atoms with Crippen molar-refractivity contribution in [2.45, 2.75) is 12.3 Å². The molecule has 0 aromatic carbocycles. The Morgan fingerprint density at radius 3 is 2.71 bits per heavy atom. The molecule has 0 saturated heterocycles. The van der Waals surface area contributed by atoms with Gasteiger partial charge in [-0.3, -0.25) is 0 Å². The molecular formula is C8H6ClF2N3. The van der Waals surface area contributed by atoms with Gasteiger partial charge in [-0.15, -0.1) is 11.6 Å². The van der Waals surface area contributed by atoms with Gasteiger partial charge in [-0.25, -0.2) is 13.8 Å². The first-order chi connectivity index (χ1) is 6.60. The maximum atomic E-state index is 12.3. The molecule has 0 saturated carbocycles. The fraction of sp³-hybridized carbons (Fsp3) is 0.250. The summed E-state index contributed by atoms with van der Waals surface area (Å²) >= 11 is 5.48. The minimum Gasteiger partial charge on any atom is -0.396 e. The highest BCUT2D eigenvalue weighted by Crippen LogP contribution is 2.24. The average molecular weight is 218 g/mol. The number of nitriles is 1. The molecule has 0 amide bonds. The third kappa shape index (κ3) is 1.91. The van der Waals surface area contributed by atoms with Gasteiger partial charge in [0.1, 0.15) is 11.8 Å². The smallest absolute Gasteiger partial charge is 0.280 e. The van der Waals surface area contributed by atoms with E-state index in [9.17, 15) is 8.78 Å². The summed E-state index contributed by atoms with van der Waals surface area (Å²) in [4.78, 5) is 3.40. The van der Waals surface area contributed by atoms with Crippen LogP contribution in [0.2, 0.25) is 0 Å². The molecule has 2 N–H and O–H groups in total. The van der Waals surface area contributed by atoms with Gasteiger partial charge in [0.15, 0.2) is 5.69 Å². The summed E-state index contributed by atoms with van der Waals surface area (Å²) in [7, 11) is 0. The number of alkyl halides is 3. The van der Waals surface area contributed by atoms with Crippen molar-refractivity contribution < 1.29 is 8.78 Å². The molecule has 1 rings (SSSR count). The Hall–Kier alpha value is -1.41. The van der Waals surface area contributed by atoms with Crippen molar-refractivity contribution in [3.05, 3.63) is 23.0 Å². The third-order valence-electron chi connectivity index (χ3n) is 1.64. The normalized spacial score (nSPS) is 10.2. The van der Waals surface area contributed by atoms with Gasteiger partial charge in [0.05, 0.1) is 5.69 Å². The Morgan fingerprint density at radius 2 is 2.29 bits per heavy atom. The molecule has 6 heteroatoms. The van der Waals surface area contributed by atoms with Gasteiger partial charge in [0.25, 0.3) is 6.43 Å². The molecule has 0 spiro atoms. The summed E-state index contributed by atoms with van der Waals surface area (Å²) in [6.07, 6.45) is -2.73. The standard InChI is InChI=1S/C8H6ClF2N3/c9-2-4-1-5(8(10)11)14-6(3-12)7(4)13/h1,8H,2,13H2. The molecule has 1 heterocycles. The molecular weight excluding hydrogens is 212 g/mol. The zero-order chi connectivity index (χ0) is 10.7. The Bertz CT molecular complexity index is 387. The Kier molecular flexibility index (Phi) is 3.20. The Balaban J connectivity index is 3.34. The maximum Gasteiger partial charge on any atom is 0.280 e. The van der Waals surface area contributed by atoms with Gasteiger partial charge in [-0.1, -0.05) is 0 Å². The van der Waals surface area contributed by atoms with E-state index in [-0.39, 0.29) is 17.3 Å². The molecule has 74 valence electrons. The van der Waals surface area contributed by atoms with Crippen LogP contribution in [0.4, 0.5) is 14.5 Å². The number of hydrogen-bond donors (Lipinski definition) is 1. The molecule has 0 radical (unpaired) electrons. The number of halogens is 3. The first-order valence-corrected chi connectivity index (χ1v) is 4.17. The van der Waals surface area contributed by atoms with Crippen LogP contribution >= 0.6 is 11.6 Å². The number of anilines is 1. The van der Waals surface area contributed by atoms with Crippen molar-refractivity contribution in [2.24, 2.45) is 0 Å². The van der Waals surface area contributed by atoms with Crippen molar-refractivity contribution in [2.75, 3.05) is 5.73 Å². The third-order valence-corrected chi connectivity index (χ3v) is 1.93. The lowest BCUT2D eigenvalue weighted by molar-refractivity contribution is 0.146. The zero-order valence-electron chi connectivity index (χ0n) is 6.97. The van der Waals surface area contributed by atoms with E-state index in [0.717, 1.165) is 6.07 Å². The van der Waals surface area contributed by atoms with Gasteiger partial charge >= 0.3 is 0 Å². The lowest BCUT2D eigenvalue weighted by Crippen LogP contribution is -2.03. The van der Waals surface area contributed by atoms with Gasteiger partial charge in [-0.05, 0) is 11.6 Å². The first kappa shape index (κ1) is 10.7. The van der Waals surface area contributed by atoms with E-state index in [1.54, 1.807) is 6.07 Å². The van der Waals surface area contributed by atoms with E-state index in [4.69, 9.17) is 22.6 Å². The molecule has 3 nitrogen and oxygen atoms in total. The zero-order valence-corrected chi connectivity index (χ0v) is 7.72. The number of pyridine rings is 1. The Labute approximate surface area is 84.1 Å². The van der Waals surface area contributed by atoms with E-state index < -0.39 is 12.1 Å². The van der Waals surface area contributed by atoms with Crippen molar-refractivity contribution in [3.8, 4) is 6.07 Å². The van der Waals surface area contributed by atoms with Crippen molar-refractivity contribution in [1.29, 1.82) is 5.26 Å². The largest absolute Gasteiger partial charge is 0.396 e. The lowest BCUT2D eigenvalue weighted by atomic mass is 10.1. The summed E-state index contributed by atoms with van der Waals surface area (Å²) in [5, 5.41) is 8.56. The topological polar surface area (TPSA) is 62.7 Å².